The van der Waals surface area contributed by atoms with Crippen molar-refractivity contribution in [3.05, 3.63) is 22.7 Å². The summed E-state index contributed by atoms with van der Waals surface area (Å²) < 4.78 is 32.4. The fraction of sp³-hybridized carbons (Fsp3) is 0.538. The van der Waals surface area contributed by atoms with Crippen molar-refractivity contribution < 1.29 is 13.2 Å². The molecule has 1 aliphatic rings. The number of nitrogen functional groups attached to an aromatic ring is 1. The summed E-state index contributed by atoms with van der Waals surface area (Å²) >= 11 is 5.94. The van der Waals surface area contributed by atoms with E-state index in [1.54, 1.807) is 6.92 Å². The molecular formula is C13H19ClN2O3S. The molecule has 1 atom stereocenters. The lowest BCUT2D eigenvalue weighted by Crippen LogP contribution is -2.33. The van der Waals surface area contributed by atoms with Crippen LogP contribution in [0.4, 0.5) is 5.69 Å². The van der Waals surface area contributed by atoms with Crippen molar-refractivity contribution in [1.29, 1.82) is 0 Å². The summed E-state index contributed by atoms with van der Waals surface area (Å²) in [6, 6.07) is 2.91. The fourth-order valence-electron chi connectivity index (χ4n) is 2.20. The summed E-state index contributed by atoms with van der Waals surface area (Å²) in [7, 11) is -3.57. The molecule has 1 aromatic carbocycles. The molecule has 3 N–H and O–H groups in total. The van der Waals surface area contributed by atoms with E-state index in [0.717, 1.165) is 19.4 Å². The Morgan fingerprint density at radius 2 is 2.25 bits per heavy atom. The van der Waals surface area contributed by atoms with Gasteiger partial charge in [0.25, 0.3) is 0 Å². The van der Waals surface area contributed by atoms with Crippen LogP contribution >= 0.6 is 11.6 Å². The second-order valence-electron chi connectivity index (χ2n) is 5.08. The maximum absolute atomic E-state index is 12.2. The van der Waals surface area contributed by atoms with Crippen LogP contribution < -0.4 is 10.5 Å². The standard InChI is InChI=1S/C13H19ClN2O3S/c1-9-5-11(6-12(15)13(9)14)20(17,18)16-7-10-3-2-4-19-8-10/h5-6,10,16H,2-4,7-8,15H2,1H3. The Morgan fingerprint density at radius 1 is 1.50 bits per heavy atom. The first kappa shape index (κ1) is 15.6. The number of ether oxygens (including phenoxy) is 1. The Morgan fingerprint density at radius 3 is 2.85 bits per heavy atom. The summed E-state index contributed by atoms with van der Waals surface area (Å²) in [5, 5.41) is 0.393. The number of benzene rings is 1. The van der Waals surface area contributed by atoms with Gasteiger partial charge >= 0.3 is 0 Å². The number of rotatable bonds is 4. The minimum Gasteiger partial charge on any atom is -0.397 e. The van der Waals surface area contributed by atoms with E-state index in [-0.39, 0.29) is 16.5 Å². The second kappa shape index (κ2) is 6.30. The SMILES string of the molecule is Cc1cc(S(=O)(=O)NCC2CCCOC2)cc(N)c1Cl. The highest BCUT2D eigenvalue weighted by atomic mass is 35.5. The Bertz CT molecular complexity index is 560. The van der Waals surface area contributed by atoms with Gasteiger partial charge in [-0.1, -0.05) is 11.6 Å². The molecule has 112 valence electrons. The van der Waals surface area contributed by atoms with E-state index < -0.39 is 10.0 Å². The smallest absolute Gasteiger partial charge is 0.240 e. The average Bonchev–Trinajstić information content (AvgIpc) is 2.43. The topological polar surface area (TPSA) is 81.4 Å². The Balaban J connectivity index is 2.10. The van der Waals surface area contributed by atoms with Gasteiger partial charge in [-0.2, -0.15) is 0 Å². The molecule has 1 saturated heterocycles. The summed E-state index contributed by atoms with van der Waals surface area (Å²) in [5.41, 5.74) is 6.63. The highest BCUT2D eigenvalue weighted by Crippen LogP contribution is 2.26. The van der Waals surface area contributed by atoms with Gasteiger partial charge in [-0.25, -0.2) is 13.1 Å². The molecule has 0 spiro atoms. The minimum absolute atomic E-state index is 0.147. The molecule has 0 saturated carbocycles. The first-order chi connectivity index (χ1) is 9.40. The first-order valence-corrected chi connectivity index (χ1v) is 8.39. The summed E-state index contributed by atoms with van der Waals surface area (Å²) in [6.45, 7) is 3.47. The van der Waals surface area contributed by atoms with Crippen molar-refractivity contribution in [2.75, 3.05) is 25.5 Å². The van der Waals surface area contributed by atoms with Crippen LogP contribution in [-0.4, -0.2) is 28.2 Å². The van der Waals surface area contributed by atoms with Gasteiger partial charge in [0.05, 0.1) is 22.2 Å². The van der Waals surface area contributed by atoms with E-state index in [0.29, 0.717) is 23.7 Å². The number of halogens is 1. The molecule has 1 fully saturated rings. The van der Waals surface area contributed by atoms with Gasteiger partial charge < -0.3 is 10.5 Å². The van der Waals surface area contributed by atoms with E-state index in [1.165, 1.54) is 12.1 Å². The number of sulfonamides is 1. The maximum Gasteiger partial charge on any atom is 0.240 e. The zero-order chi connectivity index (χ0) is 14.8. The fourth-order valence-corrected chi connectivity index (χ4v) is 3.54. The van der Waals surface area contributed by atoms with Gasteiger partial charge in [0, 0.05) is 13.2 Å². The lowest BCUT2D eigenvalue weighted by atomic mass is 10.0. The number of nitrogens with two attached hydrogens (primary N) is 1. The molecule has 0 aliphatic carbocycles. The number of aryl methyl sites for hydroxylation is 1. The van der Waals surface area contributed by atoms with Crippen LogP contribution in [0.1, 0.15) is 18.4 Å². The number of anilines is 1. The van der Waals surface area contributed by atoms with Crippen LogP contribution in [0.3, 0.4) is 0 Å². The Kier molecular flexibility index (Phi) is 4.90. The third-order valence-electron chi connectivity index (χ3n) is 3.38. The largest absolute Gasteiger partial charge is 0.397 e. The van der Waals surface area contributed by atoms with E-state index in [1.807, 2.05) is 0 Å². The zero-order valence-electron chi connectivity index (χ0n) is 11.4. The van der Waals surface area contributed by atoms with Gasteiger partial charge in [0.1, 0.15) is 0 Å². The Labute approximate surface area is 124 Å². The highest BCUT2D eigenvalue weighted by Gasteiger charge is 2.20. The predicted molar refractivity (Wildman–Crippen MR) is 79.3 cm³/mol. The molecule has 0 bridgehead atoms. The summed E-state index contributed by atoms with van der Waals surface area (Å²) in [6.07, 6.45) is 1.95. The molecular weight excluding hydrogens is 300 g/mol. The van der Waals surface area contributed by atoms with Crippen molar-refractivity contribution in [1.82, 2.24) is 4.72 Å². The van der Waals surface area contributed by atoms with E-state index in [4.69, 9.17) is 22.1 Å². The molecule has 5 nitrogen and oxygen atoms in total. The Hall–Kier alpha value is -0.820. The molecule has 0 aromatic heterocycles. The average molecular weight is 319 g/mol. The van der Waals surface area contributed by atoms with Gasteiger partial charge in [-0.15, -0.1) is 0 Å². The summed E-state index contributed by atoms with van der Waals surface area (Å²) in [4.78, 5) is 0.147. The second-order valence-corrected chi connectivity index (χ2v) is 7.22. The molecule has 0 radical (unpaired) electrons. The number of nitrogens with one attached hydrogen (secondary N) is 1. The third kappa shape index (κ3) is 3.63. The van der Waals surface area contributed by atoms with Crippen LogP contribution in [-0.2, 0) is 14.8 Å². The molecule has 20 heavy (non-hydrogen) atoms. The highest BCUT2D eigenvalue weighted by molar-refractivity contribution is 7.89. The first-order valence-electron chi connectivity index (χ1n) is 6.53. The van der Waals surface area contributed by atoms with Crippen LogP contribution in [0.2, 0.25) is 5.02 Å². The van der Waals surface area contributed by atoms with Crippen LogP contribution in [0.5, 0.6) is 0 Å². The van der Waals surface area contributed by atoms with E-state index in [2.05, 4.69) is 4.72 Å². The van der Waals surface area contributed by atoms with Crippen molar-refractivity contribution in [3.63, 3.8) is 0 Å². The number of hydrogen-bond acceptors (Lipinski definition) is 4. The van der Waals surface area contributed by atoms with Gasteiger partial charge in [-0.05, 0) is 43.4 Å². The molecule has 7 heteroatoms. The van der Waals surface area contributed by atoms with Gasteiger partial charge in [0.15, 0.2) is 0 Å². The lowest BCUT2D eigenvalue weighted by Gasteiger charge is -2.22. The van der Waals surface area contributed by atoms with E-state index in [9.17, 15) is 8.42 Å². The molecule has 2 rings (SSSR count). The molecule has 1 aromatic rings. The van der Waals surface area contributed by atoms with Crippen molar-refractivity contribution in [2.45, 2.75) is 24.7 Å². The van der Waals surface area contributed by atoms with Crippen molar-refractivity contribution in [2.24, 2.45) is 5.92 Å². The molecule has 1 heterocycles. The normalized spacial score (nSPS) is 20.0. The lowest BCUT2D eigenvalue weighted by molar-refractivity contribution is 0.0568. The minimum atomic E-state index is -3.57. The van der Waals surface area contributed by atoms with Crippen LogP contribution in [0, 0.1) is 12.8 Å². The van der Waals surface area contributed by atoms with Crippen molar-refractivity contribution >= 4 is 27.3 Å². The molecule has 1 aliphatic heterocycles. The summed E-state index contributed by atoms with van der Waals surface area (Å²) in [5.74, 6) is 0.226. The number of hydrogen-bond donors (Lipinski definition) is 2. The van der Waals surface area contributed by atoms with Crippen molar-refractivity contribution in [3.8, 4) is 0 Å². The van der Waals surface area contributed by atoms with Crippen LogP contribution in [0.25, 0.3) is 0 Å². The van der Waals surface area contributed by atoms with E-state index >= 15 is 0 Å². The molecule has 1 unspecified atom stereocenters. The maximum atomic E-state index is 12.2. The predicted octanol–water partition coefficient (Wildman–Crippen LogP) is 1.94. The van der Waals surface area contributed by atoms with Crippen LogP contribution in [0.15, 0.2) is 17.0 Å². The monoisotopic (exact) mass is 318 g/mol. The third-order valence-corrected chi connectivity index (χ3v) is 5.30. The van der Waals surface area contributed by atoms with Gasteiger partial charge in [-0.3, -0.25) is 0 Å². The quantitative estimate of drug-likeness (QED) is 0.831. The molecule has 0 amide bonds. The zero-order valence-corrected chi connectivity index (χ0v) is 12.9. The van der Waals surface area contributed by atoms with Gasteiger partial charge in [0.2, 0.25) is 10.0 Å².